The van der Waals surface area contributed by atoms with Gasteiger partial charge >= 0.3 is 0 Å². The fourth-order valence-electron chi connectivity index (χ4n) is 3.61. The van der Waals surface area contributed by atoms with E-state index >= 15 is 0 Å². The molecule has 1 heterocycles. The van der Waals surface area contributed by atoms with Crippen LogP contribution in [-0.4, -0.2) is 29.0 Å². The molecule has 3 N–H and O–H groups in total. The molecule has 0 bridgehead atoms. The Balaban J connectivity index is 1.67. The van der Waals surface area contributed by atoms with Gasteiger partial charge in [0.25, 0.3) is 0 Å². The standard InChI is InChI=1S/C15H21N3O/c16-15(17-19)12-4-1-3-11(7-12)8-18-9-13-5-2-6-14(13)10-18/h1,3-4,7,13-14,19H,2,5-6,8-10H2,(H2,16,17). The number of nitrogens with zero attached hydrogens (tertiary/aromatic N) is 2. The molecule has 4 heteroatoms. The first-order valence-electron chi connectivity index (χ1n) is 7.05. The summed E-state index contributed by atoms with van der Waals surface area (Å²) >= 11 is 0. The lowest BCUT2D eigenvalue weighted by Crippen LogP contribution is -2.21. The Morgan fingerprint density at radius 3 is 2.74 bits per heavy atom. The highest BCUT2D eigenvalue weighted by Gasteiger charge is 2.35. The highest BCUT2D eigenvalue weighted by molar-refractivity contribution is 5.97. The van der Waals surface area contributed by atoms with Crippen LogP contribution in [0.4, 0.5) is 0 Å². The van der Waals surface area contributed by atoms with E-state index in [-0.39, 0.29) is 5.84 Å². The lowest BCUT2D eigenvalue weighted by atomic mass is 10.0. The third-order valence-corrected chi connectivity index (χ3v) is 4.54. The fraction of sp³-hybridized carbons (Fsp3) is 0.533. The van der Waals surface area contributed by atoms with Crippen molar-refractivity contribution < 1.29 is 5.21 Å². The van der Waals surface area contributed by atoms with Crippen molar-refractivity contribution in [2.24, 2.45) is 22.7 Å². The van der Waals surface area contributed by atoms with E-state index in [1.165, 1.54) is 37.9 Å². The summed E-state index contributed by atoms with van der Waals surface area (Å²) in [5.74, 6) is 2.03. The maximum Gasteiger partial charge on any atom is 0.170 e. The molecule has 4 nitrogen and oxygen atoms in total. The third kappa shape index (κ3) is 2.59. The zero-order valence-electron chi connectivity index (χ0n) is 11.1. The maximum atomic E-state index is 8.72. The molecule has 0 spiro atoms. The number of nitrogens with two attached hydrogens (primary N) is 1. The third-order valence-electron chi connectivity index (χ3n) is 4.54. The molecule has 2 unspecified atom stereocenters. The van der Waals surface area contributed by atoms with E-state index in [9.17, 15) is 0 Å². The van der Waals surface area contributed by atoms with Gasteiger partial charge in [0.15, 0.2) is 5.84 Å². The number of oxime groups is 1. The second kappa shape index (κ2) is 5.21. The SMILES string of the molecule is N/C(=N/O)c1cccc(CN2CC3CCCC3C2)c1. The average molecular weight is 259 g/mol. The topological polar surface area (TPSA) is 61.9 Å². The number of likely N-dealkylation sites (tertiary alicyclic amines) is 1. The van der Waals surface area contributed by atoms with Crippen molar-refractivity contribution in [1.29, 1.82) is 0 Å². The minimum Gasteiger partial charge on any atom is -0.409 e. The van der Waals surface area contributed by atoms with E-state index in [0.29, 0.717) is 0 Å². The van der Waals surface area contributed by atoms with Gasteiger partial charge in [-0.25, -0.2) is 0 Å². The number of hydrogen-bond acceptors (Lipinski definition) is 3. The molecular weight excluding hydrogens is 238 g/mol. The summed E-state index contributed by atoms with van der Waals surface area (Å²) < 4.78 is 0. The summed E-state index contributed by atoms with van der Waals surface area (Å²) in [6.07, 6.45) is 4.23. The molecule has 1 aliphatic heterocycles. The van der Waals surface area contributed by atoms with Gasteiger partial charge in [0, 0.05) is 25.2 Å². The number of fused-ring (bicyclic) bond motifs is 1. The van der Waals surface area contributed by atoms with Gasteiger partial charge in [-0.1, -0.05) is 29.8 Å². The van der Waals surface area contributed by atoms with Crippen molar-refractivity contribution in [3.63, 3.8) is 0 Å². The quantitative estimate of drug-likeness (QED) is 0.378. The second-order valence-electron chi connectivity index (χ2n) is 5.83. The number of amidine groups is 1. The highest BCUT2D eigenvalue weighted by Crippen LogP contribution is 2.38. The van der Waals surface area contributed by atoms with Crippen molar-refractivity contribution in [2.45, 2.75) is 25.8 Å². The van der Waals surface area contributed by atoms with Crippen LogP contribution in [0.3, 0.4) is 0 Å². The van der Waals surface area contributed by atoms with Crippen LogP contribution in [0, 0.1) is 11.8 Å². The minimum atomic E-state index is 0.181. The molecule has 1 saturated carbocycles. The Kier molecular flexibility index (Phi) is 3.42. The van der Waals surface area contributed by atoms with Gasteiger partial charge < -0.3 is 10.9 Å². The molecule has 1 saturated heterocycles. The lowest BCUT2D eigenvalue weighted by Gasteiger charge is -2.17. The van der Waals surface area contributed by atoms with Crippen LogP contribution in [0.2, 0.25) is 0 Å². The smallest absolute Gasteiger partial charge is 0.170 e. The molecule has 2 fully saturated rings. The molecule has 0 amide bonds. The zero-order chi connectivity index (χ0) is 13.2. The van der Waals surface area contributed by atoms with Crippen LogP contribution in [0.1, 0.15) is 30.4 Å². The number of hydrogen-bond donors (Lipinski definition) is 2. The first kappa shape index (κ1) is 12.5. The summed E-state index contributed by atoms with van der Waals surface area (Å²) in [6.45, 7) is 3.44. The zero-order valence-corrected chi connectivity index (χ0v) is 11.1. The van der Waals surface area contributed by atoms with Crippen molar-refractivity contribution in [3.8, 4) is 0 Å². The molecule has 0 radical (unpaired) electrons. The van der Waals surface area contributed by atoms with E-state index in [1.54, 1.807) is 0 Å². The Morgan fingerprint density at radius 1 is 1.32 bits per heavy atom. The summed E-state index contributed by atoms with van der Waals surface area (Å²) in [7, 11) is 0. The van der Waals surface area contributed by atoms with Crippen molar-refractivity contribution in [1.82, 2.24) is 4.90 Å². The van der Waals surface area contributed by atoms with Crippen molar-refractivity contribution in [3.05, 3.63) is 35.4 Å². The Labute approximate surface area is 113 Å². The molecule has 0 aromatic heterocycles. The Bertz CT molecular complexity index is 474. The predicted molar refractivity (Wildman–Crippen MR) is 75.1 cm³/mol. The predicted octanol–water partition coefficient (Wildman–Crippen LogP) is 2.01. The van der Waals surface area contributed by atoms with Gasteiger partial charge in [-0.15, -0.1) is 0 Å². The first-order valence-corrected chi connectivity index (χ1v) is 7.05. The summed E-state index contributed by atoms with van der Waals surface area (Å²) in [6, 6.07) is 7.97. The van der Waals surface area contributed by atoms with Crippen LogP contribution in [0.25, 0.3) is 0 Å². The summed E-state index contributed by atoms with van der Waals surface area (Å²) in [5.41, 5.74) is 7.66. The summed E-state index contributed by atoms with van der Waals surface area (Å²) in [5, 5.41) is 11.8. The fourth-order valence-corrected chi connectivity index (χ4v) is 3.61. The number of benzene rings is 1. The van der Waals surface area contributed by atoms with Gasteiger partial charge in [0.1, 0.15) is 0 Å². The molecule has 2 atom stereocenters. The van der Waals surface area contributed by atoms with Gasteiger partial charge in [-0.05, 0) is 36.3 Å². The lowest BCUT2D eigenvalue weighted by molar-refractivity contribution is 0.303. The molecule has 1 aliphatic carbocycles. The monoisotopic (exact) mass is 259 g/mol. The van der Waals surface area contributed by atoms with Crippen LogP contribution >= 0.6 is 0 Å². The molecule has 1 aromatic rings. The normalized spacial score (nSPS) is 27.7. The van der Waals surface area contributed by atoms with Crippen LogP contribution < -0.4 is 5.73 Å². The van der Waals surface area contributed by atoms with Gasteiger partial charge in [-0.3, -0.25) is 4.90 Å². The highest BCUT2D eigenvalue weighted by atomic mass is 16.4. The van der Waals surface area contributed by atoms with Crippen LogP contribution in [-0.2, 0) is 6.54 Å². The second-order valence-corrected chi connectivity index (χ2v) is 5.83. The first-order chi connectivity index (χ1) is 9.26. The van der Waals surface area contributed by atoms with Crippen LogP contribution in [0.15, 0.2) is 29.4 Å². The minimum absolute atomic E-state index is 0.181. The largest absolute Gasteiger partial charge is 0.409 e. The average Bonchev–Trinajstić information content (AvgIpc) is 2.99. The van der Waals surface area contributed by atoms with E-state index in [0.717, 1.165) is 23.9 Å². The van der Waals surface area contributed by atoms with E-state index < -0.39 is 0 Å². The van der Waals surface area contributed by atoms with Crippen LogP contribution in [0.5, 0.6) is 0 Å². The summed E-state index contributed by atoms with van der Waals surface area (Å²) in [4.78, 5) is 2.54. The van der Waals surface area contributed by atoms with Crippen molar-refractivity contribution in [2.75, 3.05) is 13.1 Å². The Hall–Kier alpha value is -1.55. The molecule has 102 valence electrons. The Morgan fingerprint density at radius 2 is 2.05 bits per heavy atom. The number of rotatable bonds is 3. The molecule has 3 rings (SSSR count). The van der Waals surface area contributed by atoms with E-state index in [2.05, 4.69) is 16.1 Å². The van der Waals surface area contributed by atoms with Gasteiger partial charge in [0.05, 0.1) is 0 Å². The van der Waals surface area contributed by atoms with E-state index in [1.807, 2.05) is 18.2 Å². The van der Waals surface area contributed by atoms with Gasteiger partial charge in [-0.2, -0.15) is 0 Å². The van der Waals surface area contributed by atoms with E-state index in [4.69, 9.17) is 10.9 Å². The van der Waals surface area contributed by atoms with Crippen molar-refractivity contribution >= 4 is 5.84 Å². The molecule has 2 aliphatic rings. The molecule has 19 heavy (non-hydrogen) atoms. The molecule has 1 aromatic carbocycles. The molecular formula is C15H21N3O. The maximum absolute atomic E-state index is 8.72. The van der Waals surface area contributed by atoms with Gasteiger partial charge in [0.2, 0.25) is 0 Å².